The average molecular weight is 371 g/mol. The Morgan fingerprint density at radius 2 is 1.71 bits per heavy atom. The molecule has 0 atom stereocenters. The Hall–Kier alpha value is -2.14. The van der Waals surface area contributed by atoms with Gasteiger partial charge in [0.25, 0.3) is 10.1 Å². The molecule has 0 aliphatic rings. The summed E-state index contributed by atoms with van der Waals surface area (Å²) in [5.41, 5.74) is 9.79. The molecule has 0 aliphatic heterocycles. The van der Waals surface area contributed by atoms with Crippen LogP contribution in [0, 0.1) is 0 Å². The third kappa shape index (κ3) is 4.45. The van der Waals surface area contributed by atoms with Gasteiger partial charge in [-0.3, -0.25) is 10.4 Å². The van der Waals surface area contributed by atoms with Crippen molar-refractivity contribution in [2.75, 3.05) is 22.7 Å². The first kappa shape index (κ1) is 18.2. The number of nitrogens with one attached hydrogen (secondary N) is 1. The number of benzene rings is 2. The van der Waals surface area contributed by atoms with Gasteiger partial charge in [-0.15, -0.1) is 0 Å². The van der Waals surface area contributed by atoms with Crippen molar-refractivity contribution in [1.82, 2.24) is 0 Å². The summed E-state index contributed by atoms with van der Waals surface area (Å²) in [6, 6.07) is 11.1. The minimum atomic E-state index is -4.40. The van der Waals surface area contributed by atoms with Crippen LogP contribution in [0.1, 0.15) is 0 Å². The van der Waals surface area contributed by atoms with Crippen LogP contribution in [-0.2, 0) is 20.0 Å². The Balaban J connectivity index is 2.58. The first-order chi connectivity index (χ1) is 11.1. The van der Waals surface area contributed by atoms with E-state index in [-0.39, 0.29) is 4.90 Å². The summed E-state index contributed by atoms with van der Waals surface area (Å²) in [7, 11) is -8.40. The number of hydrazine groups is 1. The fourth-order valence-corrected chi connectivity index (χ4v) is 4.91. The van der Waals surface area contributed by atoms with E-state index in [1.165, 1.54) is 6.07 Å². The van der Waals surface area contributed by atoms with Crippen molar-refractivity contribution in [1.29, 1.82) is 0 Å². The van der Waals surface area contributed by atoms with Crippen molar-refractivity contribution in [3.8, 4) is 11.1 Å². The lowest BCUT2D eigenvalue weighted by Gasteiger charge is -2.13. The standard InChI is InChI=1S/C14H17N3O5S2/c15-11-3-1-2-10(8-11)13-5-4-12(17-16)9-14(13)23(18,19)6-7-24(20,21)22/h1-5,8-9,17H,6-7,15-16H2,(H,20,21,22). The molecule has 2 rings (SSSR count). The smallest absolute Gasteiger partial charge is 0.265 e. The average Bonchev–Trinajstić information content (AvgIpc) is 2.52. The van der Waals surface area contributed by atoms with Crippen molar-refractivity contribution in [2.45, 2.75) is 4.90 Å². The van der Waals surface area contributed by atoms with E-state index in [0.717, 1.165) is 0 Å². The molecule has 8 nitrogen and oxygen atoms in total. The topological polar surface area (TPSA) is 153 Å². The van der Waals surface area contributed by atoms with Crippen LogP contribution in [0.3, 0.4) is 0 Å². The van der Waals surface area contributed by atoms with E-state index in [2.05, 4.69) is 5.43 Å². The van der Waals surface area contributed by atoms with E-state index in [0.29, 0.717) is 22.5 Å². The van der Waals surface area contributed by atoms with Crippen LogP contribution in [0.4, 0.5) is 11.4 Å². The molecular formula is C14H17N3O5S2. The number of nitrogen functional groups attached to an aromatic ring is 2. The second kappa shape index (κ2) is 6.77. The van der Waals surface area contributed by atoms with Crippen molar-refractivity contribution in [3.05, 3.63) is 42.5 Å². The fourth-order valence-electron chi connectivity index (χ4n) is 2.14. The van der Waals surface area contributed by atoms with Gasteiger partial charge in [0.15, 0.2) is 9.84 Å². The summed E-state index contributed by atoms with van der Waals surface area (Å²) in [5.74, 6) is 3.67. The van der Waals surface area contributed by atoms with Gasteiger partial charge in [0.05, 0.1) is 16.4 Å². The highest BCUT2D eigenvalue weighted by atomic mass is 32.2. The second-order valence-corrected chi connectivity index (χ2v) is 8.74. The summed E-state index contributed by atoms with van der Waals surface area (Å²) in [5, 5.41) is 0. The number of hydrogen-bond donors (Lipinski definition) is 4. The van der Waals surface area contributed by atoms with E-state index < -0.39 is 31.5 Å². The molecule has 0 bridgehead atoms. The predicted octanol–water partition coefficient (Wildman–Crippen LogP) is 0.883. The molecule has 0 amide bonds. The predicted molar refractivity (Wildman–Crippen MR) is 92.6 cm³/mol. The maximum Gasteiger partial charge on any atom is 0.265 e. The Morgan fingerprint density at radius 1 is 1.00 bits per heavy atom. The van der Waals surface area contributed by atoms with Crippen LogP contribution in [0.25, 0.3) is 11.1 Å². The highest BCUT2D eigenvalue weighted by molar-refractivity contribution is 7.93. The zero-order valence-corrected chi connectivity index (χ0v) is 14.1. The summed E-state index contributed by atoms with van der Waals surface area (Å²) in [6.45, 7) is 0. The molecule has 24 heavy (non-hydrogen) atoms. The minimum Gasteiger partial charge on any atom is -0.399 e. The summed E-state index contributed by atoms with van der Waals surface area (Å²) >= 11 is 0. The zero-order chi connectivity index (χ0) is 18.0. The van der Waals surface area contributed by atoms with E-state index in [1.807, 2.05) is 0 Å². The van der Waals surface area contributed by atoms with Gasteiger partial charge < -0.3 is 11.2 Å². The van der Waals surface area contributed by atoms with Gasteiger partial charge in [0.2, 0.25) is 0 Å². The third-order valence-corrected chi connectivity index (χ3v) is 6.02. The van der Waals surface area contributed by atoms with E-state index in [9.17, 15) is 16.8 Å². The fraction of sp³-hybridized carbons (Fsp3) is 0.143. The number of sulfone groups is 1. The Morgan fingerprint density at radius 3 is 2.29 bits per heavy atom. The van der Waals surface area contributed by atoms with E-state index >= 15 is 0 Å². The van der Waals surface area contributed by atoms with Crippen LogP contribution in [-0.4, -0.2) is 32.9 Å². The maximum absolute atomic E-state index is 12.6. The molecule has 2 aromatic carbocycles. The largest absolute Gasteiger partial charge is 0.399 e. The van der Waals surface area contributed by atoms with Gasteiger partial charge >= 0.3 is 0 Å². The Bertz CT molecular complexity index is 956. The van der Waals surface area contributed by atoms with Crippen LogP contribution >= 0.6 is 0 Å². The minimum absolute atomic E-state index is 0.104. The van der Waals surface area contributed by atoms with Crippen LogP contribution < -0.4 is 17.0 Å². The second-order valence-electron chi connectivity index (χ2n) is 5.09. The molecule has 0 fully saturated rings. The quantitative estimate of drug-likeness (QED) is 0.253. The molecule has 130 valence electrons. The number of hydrogen-bond acceptors (Lipinski definition) is 7. The van der Waals surface area contributed by atoms with Gasteiger partial charge in [0.1, 0.15) is 0 Å². The normalized spacial score (nSPS) is 12.1. The molecule has 0 aliphatic carbocycles. The SMILES string of the molecule is NNc1ccc(-c2cccc(N)c2)c(S(=O)(=O)CCS(=O)(=O)O)c1. The van der Waals surface area contributed by atoms with Gasteiger partial charge in [0, 0.05) is 16.9 Å². The molecule has 6 N–H and O–H groups in total. The van der Waals surface area contributed by atoms with E-state index in [4.69, 9.17) is 16.1 Å². The van der Waals surface area contributed by atoms with Crippen molar-refractivity contribution >= 4 is 31.3 Å². The molecule has 0 unspecified atom stereocenters. The first-order valence-electron chi connectivity index (χ1n) is 6.77. The lowest BCUT2D eigenvalue weighted by atomic mass is 10.0. The first-order valence-corrected chi connectivity index (χ1v) is 10.0. The van der Waals surface area contributed by atoms with E-state index in [1.54, 1.807) is 36.4 Å². The zero-order valence-electron chi connectivity index (χ0n) is 12.5. The molecule has 10 heteroatoms. The molecule has 0 aromatic heterocycles. The summed E-state index contributed by atoms with van der Waals surface area (Å²) in [6.07, 6.45) is 0. The molecule has 0 saturated carbocycles. The number of anilines is 2. The van der Waals surface area contributed by atoms with Gasteiger partial charge in [-0.1, -0.05) is 18.2 Å². The van der Waals surface area contributed by atoms with Gasteiger partial charge in [-0.25, -0.2) is 8.42 Å². The molecule has 2 aromatic rings. The summed E-state index contributed by atoms with van der Waals surface area (Å²) in [4.78, 5) is -0.104. The molecule has 0 heterocycles. The lowest BCUT2D eigenvalue weighted by molar-refractivity contribution is 0.484. The highest BCUT2D eigenvalue weighted by Gasteiger charge is 2.23. The number of nitrogens with two attached hydrogens (primary N) is 2. The van der Waals surface area contributed by atoms with Gasteiger partial charge in [-0.2, -0.15) is 8.42 Å². The van der Waals surface area contributed by atoms with Crippen molar-refractivity contribution in [2.24, 2.45) is 5.84 Å². The third-order valence-electron chi connectivity index (χ3n) is 3.29. The van der Waals surface area contributed by atoms with Crippen molar-refractivity contribution in [3.63, 3.8) is 0 Å². The van der Waals surface area contributed by atoms with Crippen molar-refractivity contribution < 1.29 is 21.4 Å². The molecular weight excluding hydrogens is 354 g/mol. The Kier molecular flexibility index (Phi) is 5.13. The summed E-state index contributed by atoms with van der Waals surface area (Å²) < 4.78 is 55.7. The highest BCUT2D eigenvalue weighted by Crippen LogP contribution is 2.31. The van der Waals surface area contributed by atoms with Crippen LogP contribution in [0.5, 0.6) is 0 Å². The van der Waals surface area contributed by atoms with Gasteiger partial charge in [-0.05, 0) is 29.8 Å². The lowest BCUT2D eigenvalue weighted by Crippen LogP contribution is -2.18. The molecule has 0 radical (unpaired) electrons. The van der Waals surface area contributed by atoms with Crippen LogP contribution in [0.2, 0.25) is 0 Å². The maximum atomic E-state index is 12.6. The Labute approximate surface area is 140 Å². The monoisotopic (exact) mass is 371 g/mol. The van der Waals surface area contributed by atoms with Crippen LogP contribution in [0.15, 0.2) is 47.4 Å². The number of rotatable bonds is 6. The molecule has 0 spiro atoms. The molecule has 0 saturated heterocycles.